The highest BCUT2D eigenvalue weighted by atomic mass is 15.0. The monoisotopic (exact) mass is 711 g/mol. The highest BCUT2D eigenvalue weighted by Gasteiger charge is 2.51. The summed E-state index contributed by atoms with van der Waals surface area (Å²) in [5.74, 6) is 0. The van der Waals surface area contributed by atoms with Crippen LogP contribution in [-0.2, 0) is 5.41 Å². The van der Waals surface area contributed by atoms with E-state index in [4.69, 9.17) is 0 Å². The van der Waals surface area contributed by atoms with Gasteiger partial charge in [0, 0.05) is 16.5 Å². The Balaban J connectivity index is 1.08. The van der Waals surface area contributed by atoms with Crippen molar-refractivity contribution in [2.24, 2.45) is 0 Å². The van der Waals surface area contributed by atoms with Crippen molar-refractivity contribution in [2.75, 3.05) is 0 Å². The second-order valence-electron chi connectivity index (χ2n) is 15.8. The zero-order valence-electron chi connectivity index (χ0n) is 31.3. The number of aromatic nitrogens is 1. The van der Waals surface area contributed by atoms with Crippen LogP contribution >= 0.6 is 0 Å². The Kier molecular flexibility index (Phi) is 6.46. The molecule has 0 radical (unpaired) electrons. The van der Waals surface area contributed by atoms with E-state index in [2.05, 4.69) is 206 Å². The summed E-state index contributed by atoms with van der Waals surface area (Å²) in [4.78, 5) is 0. The standard InChI is InChI=1S/C55H37N/c1-34-29-35(2)31-40(30-34)36-19-24-41(25-20-36)56-52-27-23-38(32-47(52)54-42-12-4-3-11-37(42)22-28-53(54)56)39-21-26-46-45-15-7-10-18-50(45)55(51(46)33-39)48-16-8-5-13-43(48)44-14-6-9-17-49(44)55/h3-33H,1-2H3. The normalized spacial score (nSPS) is 13.3. The SMILES string of the molecule is Cc1cc(C)cc(-c2ccc(-n3c4ccc(-c5ccc6c(c5)C5(c7ccccc7-c7ccccc75)c5ccccc5-6)cc4c4c5ccccc5ccc43)cc2)c1. The van der Waals surface area contributed by atoms with E-state index >= 15 is 0 Å². The lowest BCUT2D eigenvalue weighted by Gasteiger charge is -2.30. The predicted octanol–water partition coefficient (Wildman–Crippen LogP) is 14.2. The molecule has 0 saturated heterocycles. The molecule has 0 N–H and O–H groups in total. The fourth-order valence-corrected chi connectivity index (χ4v) is 10.5. The predicted molar refractivity (Wildman–Crippen MR) is 235 cm³/mol. The molecule has 12 rings (SSSR count). The first-order valence-electron chi connectivity index (χ1n) is 19.7. The number of fused-ring (bicyclic) bond motifs is 15. The first-order chi connectivity index (χ1) is 27.6. The second-order valence-corrected chi connectivity index (χ2v) is 15.8. The van der Waals surface area contributed by atoms with Gasteiger partial charge in [-0.3, -0.25) is 0 Å². The Morgan fingerprint density at radius 3 is 1.57 bits per heavy atom. The van der Waals surface area contributed by atoms with Gasteiger partial charge in [-0.1, -0.05) is 163 Å². The molecule has 262 valence electrons. The van der Waals surface area contributed by atoms with Crippen LogP contribution in [0.25, 0.3) is 82.8 Å². The molecule has 1 nitrogen and oxygen atoms in total. The minimum Gasteiger partial charge on any atom is -0.309 e. The molecule has 1 heterocycles. The lowest BCUT2D eigenvalue weighted by atomic mass is 9.70. The van der Waals surface area contributed by atoms with Crippen LogP contribution in [0.1, 0.15) is 33.4 Å². The summed E-state index contributed by atoms with van der Waals surface area (Å²) in [6.07, 6.45) is 0. The molecule has 0 aliphatic heterocycles. The molecule has 0 atom stereocenters. The molecule has 0 amide bonds. The maximum absolute atomic E-state index is 2.50. The quantitative estimate of drug-likeness (QED) is 0.172. The highest BCUT2D eigenvalue weighted by Crippen LogP contribution is 2.63. The van der Waals surface area contributed by atoms with E-state index in [0.717, 1.165) is 5.69 Å². The smallest absolute Gasteiger partial charge is 0.0725 e. The molecule has 1 spiro atoms. The number of rotatable bonds is 3. The molecule has 0 unspecified atom stereocenters. The van der Waals surface area contributed by atoms with E-state index in [9.17, 15) is 0 Å². The molecule has 2 aliphatic rings. The Hall–Kier alpha value is -6.96. The van der Waals surface area contributed by atoms with Gasteiger partial charge in [-0.05, 0) is 128 Å². The number of benzene rings is 9. The molecular formula is C55H37N. The van der Waals surface area contributed by atoms with Crippen molar-refractivity contribution in [1.82, 2.24) is 4.57 Å². The fourth-order valence-electron chi connectivity index (χ4n) is 10.5. The van der Waals surface area contributed by atoms with Crippen LogP contribution in [0.5, 0.6) is 0 Å². The molecule has 0 bridgehead atoms. The summed E-state index contributed by atoms with van der Waals surface area (Å²) in [7, 11) is 0. The Morgan fingerprint density at radius 2 is 0.893 bits per heavy atom. The van der Waals surface area contributed by atoms with Gasteiger partial charge in [-0.15, -0.1) is 0 Å². The van der Waals surface area contributed by atoms with Crippen molar-refractivity contribution >= 4 is 32.6 Å². The lowest BCUT2D eigenvalue weighted by molar-refractivity contribution is 0.794. The average Bonchev–Trinajstić information content (AvgIpc) is 3.85. The van der Waals surface area contributed by atoms with Gasteiger partial charge in [0.25, 0.3) is 0 Å². The van der Waals surface area contributed by atoms with Crippen LogP contribution in [0.4, 0.5) is 0 Å². The van der Waals surface area contributed by atoms with Crippen molar-refractivity contribution < 1.29 is 0 Å². The minimum atomic E-state index is -0.366. The van der Waals surface area contributed by atoms with Gasteiger partial charge in [-0.25, -0.2) is 0 Å². The Bertz CT molecular complexity index is 3180. The molecule has 56 heavy (non-hydrogen) atoms. The highest BCUT2D eigenvalue weighted by molar-refractivity contribution is 6.22. The van der Waals surface area contributed by atoms with E-state index < -0.39 is 0 Å². The summed E-state index contributed by atoms with van der Waals surface area (Å²) < 4.78 is 2.45. The van der Waals surface area contributed by atoms with Gasteiger partial charge >= 0.3 is 0 Å². The van der Waals surface area contributed by atoms with E-state index in [-0.39, 0.29) is 5.41 Å². The van der Waals surface area contributed by atoms with E-state index in [1.165, 1.54) is 110 Å². The van der Waals surface area contributed by atoms with E-state index in [0.29, 0.717) is 0 Å². The summed E-state index contributed by atoms with van der Waals surface area (Å²) in [5, 5.41) is 5.09. The molecule has 1 aromatic heterocycles. The van der Waals surface area contributed by atoms with E-state index in [1.807, 2.05) is 0 Å². The summed E-state index contributed by atoms with van der Waals surface area (Å²) in [6, 6.07) is 70.8. The molecule has 2 aliphatic carbocycles. The molecule has 0 fully saturated rings. The molecule has 9 aromatic carbocycles. The van der Waals surface area contributed by atoms with Crippen molar-refractivity contribution in [3.05, 3.63) is 221 Å². The molecular weight excluding hydrogens is 675 g/mol. The van der Waals surface area contributed by atoms with Gasteiger partial charge < -0.3 is 4.57 Å². The Morgan fingerprint density at radius 1 is 0.357 bits per heavy atom. The summed E-state index contributed by atoms with van der Waals surface area (Å²) >= 11 is 0. The van der Waals surface area contributed by atoms with Crippen LogP contribution in [-0.4, -0.2) is 4.57 Å². The maximum Gasteiger partial charge on any atom is 0.0725 e. The minimum absolute atomic E-state index is 0.366. The van der Waals surface area contributed by atoms with Crippen LogP contribution < -0.4 is 0 Å². The topological polar surface area (TPSA) is 4.93 Å². The molecule has 1 heteroatoms. The average molecular weight is 712 g/mol. The largest absolute Gasteiger partial charge is 0.309 e. The third-order valence-electron chi connectivity index (χ3n) is 12.7. The molecule has 0 saturated carbocycles. The van der Waals surface area contributed by atoms with Gasteiger partial charge in [-0.2, -0.15) is 0 Å². The molecule has 10 aromatic rings. The van der Waals surface area contributed by atoms with Gasteiger partial charge in [0.2, 0.25) is 0 Å². The second kappa shape index (κ2) is 11.5. The van der Waals surface area contributed by atoms with Crippen LogP contribution in [0, 0.1) is 13.8 Å². The van der Waals surface area contributed by atoms with Crippen molar-refractivity contribution in [1.29, 1.82) is 0 Å². The third-order valence-corrected chi connectivity index (χ3v) is 12.7. The Labute approximate surface area is 326 Å². The number of nitrogens with zero attached hydrogens (tertiary/aromatic N) is 1. The van der Waals surface area contributed by atoms with Crippen molar-refractivity contribution in [3.63, 3.8) is 0 Å². The zero-order valence-corrected chi connectivity index (χ0v) is 31.3. The lowest BCUT2D eigenvalue weighted by Crippen LogP contribution is -2.25. The summed E-state index contributed by atoms with van der Waals surface area (Å²) in [6.45, 7) is 4.35. The maximum atomic E-state index is 2.50. The fraction of sp³-hybridized carbons (Fsp3) is 0.0545. The van der Waals surface area contributed by atoms with Crippen LogP contribution in [0.2, 0.25) is 0 Å². The van der Waals surface area contributed by atoms with Crippen molar-refractivity contribution in [3.8, 4) is 50.2 Å². The van der Waals surface area contributed by atoms with Crippen LogP contribution in [0.15, 0.2) is 188 Å². The first kappa shape index (κ1) is 31.4. The van der Waals surface area contributed by atoms with Gasteiger partial charge in [0.1, 0.15) is 0 Å². The number of aryl methyl sites for hydroxylation is 2. The van der Waals surface area contributed by atoms with Gasteiger partial charge in [0.15, 0.2) is 0 Å². The zero-order chi connectivity index (χ0) is 37.1. The van der Waals surface area contributed by atoms with E-state index in [1.54, 1.807) is 0 Å². The van der Waals surface area contributed by atoms with Gasteiger partial charge in [0.05, 0.1) is 16.4 Å². The van der Waals surface area contributed by atoms with Crippen molar-refractivity contribution in [2.45, 2.75) is 19.3 Å². The third kappa shape index (κ3) is 4.20. The number of hydrogen-bond donors (Lipinski definition) is 0. The van der Waals surface area contributed by atoms with Crippen LogP contribution in [0.3, 0.4) is 0 Å². The summed E-state index contributed by atoms with van der Waals surface area (Å²) in [5.41, 5.74) is 21.6. The number of hydrogen-bond acceptors (Lipinski definition) is 0. The first-order valence-corrected chi connectivity index (χ1v) is 19.7.